The maximum absolute atomic E-state index is 12.7. The average molecular weight is 206 g/mol. The first kappa shape index (κ1) is 9.87. The zero-order chi connectivity index (χ0) is 10.0. The lowest BCUT2D eigenvalue weighted by Crippen LogP contribution is -1.91. The lowest BCUT2D eigenvalue weighted by atomic mass is 10.1. The van der Waals surface area contributed by atoms with Crippen LogP contribution in [-0.2, 0) is 0 Å². The Morgan fingerprint density at radius 1 is 1.38 bits per heavy atom. The molecule has 1 rings (SSSR count). The van der Waals surface area contributed by atoms with Crippen molar-refractivity contribution in [1.29, 1.82) is 5.26 Å². The Kier molecular flexibility index (Phi) is 2.79. The number of nitrogens with zero attached hydrogens (tertiary/aromatic N) is 1. The fourth-order valence-electron chi connectivity index (χ4n) is 0.819. The van der Waals surface area contributed by atoms with Crippen molar-refractivity contribution in [3.8, 4) is 6.07 Å². The predicted molar refractivity (Wildman–Crippen MR) is 41.1 cm³/mol. The molecule has 0 radical (unpaired) electrons. The summed E-state index contributed by atoms with van der Waals surface area (Å²) in [5.74, 6) is -0.892. The van der Waals surface area contributed by atoms with Gasteiger partial charge in [-0.1, -0.05) is 11.6 Å². The lowest BCUT2D eigenvalue weighted by molar-refractivity contribution is 0.151. The van der Waals surface area contributed by atoms with Crippen LogP contribution in [0.4, 0.5) is 13.2 Å². The van der Waals surface area contributed by atoms with E-state index in [-0.39, 0.29) is 5.02 Å². The molecule has 0 saturated carbocycles. The minimum atomic E-state index is -2.81. The van der Waals surface area contributed by atoms with Crippen molar-refractivity contribution in [3.63, 3.8) is 0 Å². The molecule has 0 spiro atoms. The molecule has 13 heavy (non-hydrogen) atoms. The van der Waals surface area contributed by atoms with E-state index in [2.05, 4.69) is 0 Å². The number of benzene rings is 1. The van der Waals surface area contributed by atoms with E-state index in [9.17, 15) is 13.2 Å². The van der Waals surface area contributed by atoms with Gasteiger partial charge in [-0.15, -0.1) is 0 Å². The van der Waals surface area contributed by atoms with Gasteiger partial charge in [-0.25, -0.2) is 13.2 Å². The van der Waals surface area contributed by atoms with Gasteiger partial charge in [0.1, 0.15) is 11.9 Å². The fourth-order valence-corrected chi connectivity index (χ4v) is 1.05. The summed E-state index contributed by atoms with van der Waals surface area (Å²) in [7, 11) is 0. The molecule has 0 N–H and O–H groups in total. The highest BCUT2D eigenvalue weighted by atomic mass is 35.5. The van der Waals surface area contributed by atoms with Gasteiger partial charge in [-0.2, -0.15) is 5.26 Å². The highest BCUT2D eigenvalue weighted by molar-refractivity contribution is 6.31. The molecule has 5 heteroatoms. The van der Waals surface area contributed by atoms with E-state index in [1.165, 1.54) is 6.07 Å². The summed E-state index contributed by atoms with van der Waals surface area (Å²) in [5, 5.41) is 7.97. The predicted octanol–water partition coefficient (Wildman–Crippen LogP) is 3.29. The molecule has 0 fully saturated rings. The maximum Gasteiger partial charge on any atom is 0.265 e. The molecular formula is C8H3ClF3N. The van der Waals surface area contributed by atoms with Crippen LogP contribution >= 0.6 is 11.6 Å². The number of alkyl halides is 2. The van der Waals surface area contributed by atoms with Gasteiger partial charge in [0.25, 0.3) is 6.43 Å². The highest BCUT2D eigenvalue weighted by Gasteiger charge is 2.15. The summed E-state index contributed by atoms with van der Waals surface area (Å²) in [6, 6.07) is 2.91. The molecule has 0 aliphatic heterocycles. The minimum absolute atomic E-state index is 0.369. The van der Waals surface area contributed by atoms with Gasteiger partial charge in [-0.05, 0) is 12.1 Å². The largest absolute Gasteiger partial charge is 0.265 e. The van der Waals surface area contributed by atoms with Gasteiger partial charge in [0.2, 0.25) is 0 Å². The van der Waals surface area contributed by atoms with Crippen molar-refractivity contribution in [3.05, 3.63) is 34.1 Å². The second-order valence-corrected chi connectivity index (χ2v) is 2.67. The Morgan fingerprint density at radius 2 is 2.00 bits per heavy atom. The SMILES string of the molecule is N#Cc1cc(C(F)F)c(Cl)cc1F. The molecule has 0 heterocycles. The summed E-state index contributed by atoms with van der Waals surface area (Å²) < 4.78 is 37.1. The Balaban J connectivity index is 3.33. The Morgan fingerprint density at radius 3 is 2.46 bits per heavy atom. The third-order valence-electron chi connectivity index (χ3n) is 1.44. The summed E-state index contributed by atoms with van der Waals surface area (Å²) in [5.41, 5.74) is -0.959. The van der Waals surface area contributed by atoms with Gasteiger partial charge in [0.05, 0.1) is 10.6 Å². The van der Waals surface area contributed by atoms with Crippen molar-refractivity contribution in [1.82, 2.24) is 0 Å². The first-order valence-corrected chi connectivity index (χ1v) is 3.61. The molecule has 0 saturated heterocycles. The van der Waals surface area contributed by atoms with Gasteiger partial charge < -0.3 is 0 Å². The topological polar surface area (TPSA) is 23.8 Å². The van der Waals surface area contributed by atoms with Crippen molar-refractivity contribution < 1.29 is 13.2 Å². The van der Waals surface area contributed by atoms with Crippen molar-refractivity contribution in [2.75, 3.05) is 0 Å². The van der Waals surface area contributed by atoms with Gasteiger partial charge in [0.15, 0.2) is 0 Å². The highest BCUT2D eigenvalue weighted by Crippen LogP contribution is 2.28. The van der Waals surface area contributed by atoms with Crippen LogP contribution in [0.5, 0.6) is 0 Å². The molecule has 0 aliphatic carbocycles. The number of hydrogen-bond acceptors (Lipinski definition) is 1. The molecule has 68 valence electrons. The molecule has 0 atom stereocenters. The van der Waals surface area contributed by atoms with E-state index in [1.54, 1.807) is 0 Å². The Hall–Kier alpha value is -1.21. The van der Waals surface area contributed by atoms with E-state index in [0.717, 1.165) is 6.07 Å². The summed E-state index contributed by atoms with van der Waals surface area (Å²) in [6.07, 6.45) is -2.81. The molecule has 0 unspecified atom stereocenters. The fraction of sp³-hybridized carbons (Fsp3) is 0.125. The molecule has 0 aliphatic rings. The molecule has 1 aromatic rings. The Bertz CT molecular complexity index is 370. The third-order valence-corrected chi connectivity index (χ3v) is 1.77. The molecule has 0 amide bonds. The quantitative estimate of drug-likeness (QED) is 0.690. The van der Waals surface area contributed by atoms with E-state index in [0.29, 0.717) is 6.07 Å². The van der Waals surface area contributed by atoms with Crippen LogP contribution in [0, 0.1) is 17.1 Å². The molecular weight excluding hydrogens is 203 g/mol. The Labute approximate surface area is 77.4 Å². The zero-order valence-corrected chi connectivity index (χ0v) is 6.95. The monoisotopic (exact) mass is 205 g/mol. The van der Waals surface area contributed by atoms with E-state index in [4.69, 9.17) is 16.9 Å². The maximum atomic E-state index is 12.7. The first-order valence-electron chi connectivity index (χ1n) is 3.23. The smallest absolute Gasteiger partial charge is 0.205 e. The standard InChI is InChI=1S/C8H3ClF3N/c9-6-2-7(10)4(3-13)1-5(6)8(11)12/h1-2,8H. The van der Waals surface area contributed by atoms with E-state index >= 15 is 0 Å². The summed E-state index contributed by atoms with van der Waals surface area (Å²) >= 11 is 5.32. The zero-order valence-electron chi connectivity index (χ0n) is 6.19. The molecule has 0 bridgehead atoms. The summed E-state index contributed by atoms with van der Waals surface area (Å²) in [6.45, 7) is 0. The molecule has 1 aromatic carbocycles. The van der Waals surface area contributed by atoms with Crippen LogP contribution in [0.15, 0.2) is 12.1 Å². The molecule has 0 aromatic heterocycles. The van der Waals surface area contributed by atoms with Gasteiger partial charge in [-0.3, -0.25) is 0 Å². The van der Waals surface area contributed by atoms with E-state index in [1.807, 2.05) is 0 Å². The van der Waals surface area contributed by atoms with Crippen LogP contribution in [-0.4, -0.2) is 0 Å². The molecule has 1 nitrogen and oxygen atoms in total. The van der Waals surface area contributed by atoms with Crippen LogP contribution in [0.1, 0.15) is 17.6 Å². The number of rotatable bonds is 1. The van der Waals surface area contributed by atoms with Crippen LogP contribution in [0.2, 0.25) is 5.02 Å². The van der Waals surface area contributed by atoms with Crippen LogP contribution in [0.25, 0.3) is 0 Å². The third kappa shape index (κ3) is 1.93. The van der Waals surface area contributed by atoms with Gasteiger partial charge in [0, 0.05) is 5.56 Å². The lowest BCUT2D eigenvalue weighted by Gasteiger charge is -2.03. The van der Waals surface area contributed by atoms with Crippen molar-refractivity contribution in [2.45, 2.75) is 6.43 Å². The van der Waals surface area contributed by atoms with Crippen molar-refractivity contribution in [2.24, 2.45) is 0 Å². The van der Waals surface area contributed by atoms with Crippen LogP contribution in [0.3, 0.4) is 0 Å². The minimum Gasteiger partial charge on any atom is -0.205 e. The normalized spacial score (nSPS) is 10.2. The van der Waals surface area contributed by atoms with E-state index < -0.39 is 23.4 Å². The van der Waals surface area contributed by atoms with Gasteiger partial charge >= 0.3 is 0 Å². The first-order chi connectivity index (χ1) is 6.06. The number of hydrogen-bond donors (Lipinski definition) is 0. The average Bonchev–Trinajstić information content (AvgIpc) is 2.03. The number of halogens is 4. The second-order valence-electron chi connectivity index (χ2n) is 2.27. The van der Waals surface area contributed by atoms with Crippen LogP contribution < -0.4 is 0 Å². The second kappa shape index (κ2) is 3.67. The van der Waals surface area contributed by atoms with Crippen molar-refractivity contribution >= 4 is 11.6 Å². The number of nitriles is 1. The summed E-state index contributed by atoms with van der Waals surface area (Å²) in [4.78, 5) is 0.